The summed E-state index contributed by atoms with van der Waals surface area (Å²) < 4.78 is 0. The van der Waals surface area contributed by atoms with Crippen LogP contribution in [0, 0.1) is 5.92 Å². The lowest BCUT2D eigenvalue weighted by Crippen LogP contribution is -2.37. The summed E-state index contributed by atoms with van der Waals surface area (Å²) in [6, 6.07) is 0. The predicted molar refractivity (Wildman–Crippen MR) is 73.8 cm³/mol. The molecular formula is C14H33NO. The van der Waals surface area contributed by atoms with Crippen LogP contribution < -0.4 is 0 Å². The molecule has 1 aliphatic heterocycles. The summed E-state index contributed by atoms with van der Waals surface area (Å²) in [5, 5.41) is 9.13. The van der Waals surface area contributed by atoms with Crippen LogP contribution in [0.3, 0.4) is 0 Å². The molecule has 2 heteroatoms. The van der Waals surface area contributed by atoms with Gasteiger partial charge in [-0.25, -0.2) is 0 Å². The summed E-state index contributed by atoms with van der Waals surface area (Å²) in [5.41, 5.74) is 0. The number of likely N-dealkylation sites (tertiary alicyclic amines) is 1. The Morgan fingerprint density at radius 3 is 1.88 bits per heavy atom. The van der Waals surface area contributed by atoms with E-state index in [1.165, 1.54) is 32.4 Å². The molecule has 0 aromatic carbocycles. The molecular weight excluding hydrogens is 198 g/mol. The van der Waals surface area contributed by atoms with Crippen LogP contribution in [-0.2, 0) is 0 Å². The molecule has 1 atom stereocenters. The second kappa shape index (κ2) is 13.0. The van der Waals surface area contributed by atoms with Crippen molar-refractivity contribution >= 4 is 0 Å². The van der Waals surface area contributed by atoms with Gasteiger partial charge in [0.25, 0.3) is 0 Å². The Balaban J connectivity index is 0. The molecule has 1 saturated heterocycles. The molecule has 100 valence electrons. The molecule has 1 N–H and O–H groups in total. The molecule has 2 nitrogen and oxygen atoms in total. The van der Waals surface area contributed by atoms with Crippen molar-refractivity contribution in [1.29, 1.82) is 0 Å². The summed E-state index contributed by atoms with van der Waals surface area (Å²) in [5.74, 6) is 0.889. The average Bonchev–Trinajstić information content (AvgIpc) is 2.25. The SMILES string of the molecule is CC.CC(O)CN1CCC(C)CC1.CCC. The van der Waals surface area contributed by atoms with E-state index < -0.39 is 0 Å². The molecule has 1 rings (SSSR count). The summed E-state index contributed by atoms with van der Waals surface area (Å²) in [6.07, 6.45) is 3.68. The fraction of sp³-hybridized carbons (Fsp3) is 1.00. The number of nitrogens with zero attached hydrogens (tertiary/aromatic N) is 1. The van der Waals surface area contributed by atoms with Crippen LogP contribution in [0.4, 0.5) is 0 Å². The van der Waals surface area contributed by atoms with Gasteiger partial charge in [-0.05, 0) is 38.8 Å². The van der Waals surface area contributed by atoms with E-state index in [-0.39, 0.29) is 6.10 Å². The molecule has 1 heterocycles. The second-order valence-corrected chi connectivity index (χ2v) is 4.54. The number of hydrogen-bond donors (Lipinski definition) is 1. The summed E-state index contributed by atoms with van der Waals surface area (Å²) in [7, 11) is 0. The van der Waals surface area contributed by atoms with Crippen molar-refractivity contribution in [3.63, 3.8) is 0 Å². The first-order valence-electron chi connectivity index (χ1n) is 7.00. The summed E-state index contributed by atoms with van der Waals surface area (Å²) in [4.78, 5) is 2.35. The third-order valence-electron chi connectivity index (χ3n) is 2.40. The van der Waals surface area contributed by atoms with E-state index in [4.69, 9.17) is 5.11 Å². The molecule has 0 bridgehead atoms. The maximum atomic E-state index is 9.13. The average molecular weight is 231 g/mol. The monoisotopic (exact) mass is 231 g/mol. The smallest absolute Gasteiger partial charge is 0.0639 e. The Bertz CT molecular complexity index is 118. The first-order valence-corrected chi connectivity index (χ1v) is 7.00. The molecule has 0 saturated carbocycles. The largest absolute Gasteiger partial charge is 0.392 e. The molecule has 0 radical (unpaired) electrons. The lowest BCUT2D eigenvalue weighted by molar-refractivity contribution is 0.103. The Labute approximate surface area is 103 Å². The molecule has 1 aliphatic rings. The highest BCUT2D eigenvalue weighted by molar-refractivity contribution is 4.70. The van der Waals surface area contributed by atoms with Gasteiger partial charge in [0, 0.05) is 6.54 Å². The summed E-state index contributed by atoms with van der Waals surface area (Å²) >= 11 is 0. The highest BCUT2D eigenvalue weighted by atomic mass is 16.3. The van der Waals surface area contributed by atoms with Gasteiger partial charge in [0.1, 0.15) is 0 Å². The van der Waals surface area contributed by atoms with Crippen molar-refractivity contribution in [2.24, 2.45) is 5.92 Å². The zero-order chi connectivity index (χ0) is 13.0. The Hall–Kier alpha value is -0.0800. The minimum Gasteiger partial charge on any atom is -0.392 e. The van der Waals surface area contributed by atoms with Crippen LogP contribution in [0.1, 0.15) is 60.8 Å². The fourth-order valence-corrected chi connectivity index (χ4v) is 1.62. The minimum atomic E-state index is -0.164. The van der Waals surface area contributed by atoms with Crippen molar-refractivity contribution in [2.45, 2.75) is 66.9 Å². The van der Waals surface area contributed by atoms with E-state index in [9.17, 15) is 0 Å². The number of β-amino-alcohol motifs (C(OH)–C–C–N with tert-alkyl or cyclic N) is 1. The lowest BCUT2D eigenvalue weighted by atomic mass is 9.99. The van der Waals surface area contributed by atoms with Crippen molar-refractivity contribution in [2.75, 3.05) is 19.6 Å². The first kappa shape index (κ1) is 18.3. The van der Waals surface area contributed by atoms with Crippen LogP contribution >= 0.6 is 0 Å². The lowest BCUT2D eigenvalue weighted by Gasteiger charge is -2.30. The number of aliphatic hydroxyl groups excluding tert-OH is 1. The van der Waals surface area contributed by atoms with E-state index in [1.54, 1.807) is 0 Å². The van der Waals surface area contributed by atoms with Gasteiger partial charge < -0.3 is 10.0 Å². The molecule has 16 heavy (non-hydrogen) atoms. The third kappa shape index (κ3) is 12.0. The normalized spacial score (nSPS) is 18.9. The molecule has 0 aromatic rings. The van der Waals surface area contributed by atoms with Gasteiger partial charge in [-0.15, -0.1) is 0 Å². The van der Waals surface area contributed by atoms with Crippen molar-refractivity contribution in [1.82, 2.24) is 4.90 Å². The van der Waals surface area contributed by atoms with Gasteiger partial charge in [-0.3, -0.25) is 0 Å². The van der Waals surface area contributed by atoms with Crippen molar-refractivity contribution < 1.29 is 5.11 Å². The number of rotatable bonds is 2. The third-order valence-corrected chi connectivity index (χ3v) is 2.40. The van der Waals surface area contributed by atoms with Crippen LogP contribution in [0.5, 0.6) is 0 Å². The molecule has 1 unspecified atom stereocenters. The first-order chi connectivity index (χ1) is 7.60. The van der Waals surface area contributed by atoms with Crippen molar-refractivity contribution in [3.8, 4) is 0 Å². The number of piperidine rings is 1. The van der Waals surface area contributed by atoms with Gasteiger partial charge >= 0.3 is 0 Å². The standard InChI is InChI=1S/C9H19NO.C3H8.C2H6/c1-8-3-5-10(6-4-8)7-9(2)11;1-3-2;1-2/h8-9,11H,3-7H2,1-2H3;3H2,1-2H3;1-2H3. The van der Waals surface area contributed by atoms with E-state index in [1.807, 2.05) is 20.8 Å². The molecule has 0 amide bonds. The topological polar surface area (TPSA) is 23.5 Å². The maximum Gasteiger partial charge on any atom is 0.0639 e. The van der Waals surface area contributed by atoms with Crippen LogP contribution in [-0.4, -0.2) is 35.7 Å². The van der Waals surface area contributed by atoms with Gasteiger partial charge in [0.15, 0.2) is 0 Å². The van der Waals surface area contributed by atoms with Gasteiger partial charge in [-0.2, -0.15) is 0 Å². The van der Waals surface area contributed by atoms with Crippen molar-refractivity contribution in [3.05, 3.63) is 0 Å². The van der Waals surface area contributed by atoms with E-state index >= 15 is 0 Å². The molecule has 1 fully saturated rings. The molecule has 0 spiro atoms. The highest BCUT2D eigenvalue weighted by Crippen LogP contribution is 2.15. The number of aliphatic hydroxyl groups is 1. The minimum absolute atomic E-state index is 0.164. The molecule has 0 aromatic heterocycles. The Morgan fingerprint density at radius 1 is 1.19 bits per heavy atom. The summed E-state index contributed by atoms with van der Waals surface area (Å²) in [6.45, 7) is 15.6. The van der Waals surface area contributed by atoms with Gasteiger partial charge in [-0.1, -0.05) is 41.0 Å². The number of hydrogen-bond acceptors (Lipinski definition) is 2. The van der Waals surface area contributed by atoms with Gasteiger partial charge in [0.2, 0.25) is 0 Å². The van der Waals surface area contributed by atoms with Gasteiger partial charge in [0.05, 0.1) is 6.10 Å². The maximum absolute atomic E-state index is 9.13. The quantitative estimate of drug-likeness (QED) is 0.786. The predicted octanol–water partition coefficient (Wildman–Crippen LogP) is 3.54. The highest BCUT2D eigenvalue weighted by Gasteiger charge is 2.16. The van der Waals surface area contributed by atoms with E-state index in [2.05, 4.69) is 25.7 Å². The molecule has 0 aliphatic carbocycles. The van der Waals surface area contributed by atoms with Crippen LogP contribution in [0.2, 0.25) is 0 Å². The Morgan fingerprint density at radius 2 is 1.56 bits per heavy atom. The van der Waals surface area contributed by atoms with E-state index in [0.29, 0.717) is 0 Å². The van der Waals surface area contributed by atoms with Crippen LogP contribution in [0.15, 0.2) is 0 Å². The Kier molecular flexibility index (Phi) is 14.8. The van der Waals surface area contributed by atoms with E-state index in [0.717, 1.165) is 12.5 Å². The fourth-order valence-electron chi connectivity index (χ4n) is 1.62. The zero-order valence-electron chi connectivity index (χ0n) is 12.3. The zero-order valence-corrected chi connectivity index (χ0v) is 12.3. The van der Waals surface area contributed by atoms with Crippen LogP contribution in [0.25, 0.3) is 0 Å². The second-order valence-electron chi connectivity index (χ2n) is 4.54.